The number of aromatic nitrogens is 2. The van der Waals surface area contributed by atoms with E-state index < -0.39 is 15.9 Å². The Hall–Kier alpha value is -2.46. The number of halogens is 3. The number of rotatable bonds is 9. The predicted molar refractivity (Wildman–Crippen MR) is 144 cm³/mol. The van der Waals surface area contributed by atoms with Crippen molar-refractivity contribution < 1.29 is 18.0 Å². The molecule has 192 valence electrons. The molecule has 1 atom stereocenters. The molecule has 11 heteroatoms. The fraction of sp³-hybridized carbons (Fsp3) is 0.200. The number of aliphatic hydroxyl groups excluding tert-OH is 1. The minimum Gasteiger partial charge on any atom is -0.387 e. The maximum atomic E-state index is 13.1. The third kappa shape index (κ3) is 7.29. The van der Waals surface area contributed by atoms with Gasteiger partial charge in [-0.15, -0.1) is 24.8 Å². The number of hydrogen-bond donors (Lipinski definition) is 2. The number of aliphatic hydroxyl groups is 1. The van der Waals surface area contributed by atoms with Crippen molar-refractivity contribution in [2.45, 2.75) is 29.2 Å². The quantitative estimate of drug-likeness (QED) is 0.265. The Labute approximate surface area is 227 Å². The molecule has 0 fully saturated rings. The maximum absolute atomic E-state index is 13.1. The lowest BCUT2D eigenvalue weighted by Gasteiger charge is -2.13. The maximum Gasteiger partial charge on any atom is 0.223 e. The molecule has 0 bridgehead atoms. The minimum absolute atomic E-state index is 0. The van der Waals surface area contributed by atoms with Crippen LogP contribution in [0.15, 0.2) is 87.1 Å². The van der Waals surface area contributed by atoms with E-state index in [0.29, 0.717) is 41.8 Å². The van der Waals surface area contributed by atoms with E-state index in [2.05, 4.69) is 15.5 Å². The molecule has 0 saturated heterocycles. The van der Waals surface area contributed by atoms with Gasteiger partial charge >= 0.3 is 0 Å². The summed E-state index contributed by atoms with van der Waals surface area (Å²) < 4.78 is 31.2. The molecule has 0 amide bonds. The Bertz CT molecular complexity index is 1380. The predicted octanol–water partition coefficient (Wildman–Crippen LogP) is 5.24. The summed E-state index contributed by atoms with van der Waals surface area (Å²) >= 11 is 5.97. The van der Waals surface area contributed by atoms with E-state index in [4.69, 9.17) is 16.1 Å². The van der Waals surface area contributed by atoms with Crippen LogP contribution in [0.4, 0.5) is 0 Å². The summed E-state index contributed by atoms with van der Waals surface area (Å²) in [5, 5.41) is 17.9. The highest BCUT2D eigenvalue weighted by atomic mass is 35.5. The van der Waals surface area contributed by atoms with E-state index in [1.807, 2.05) is 6.07 Å². The third-order valence-electron chi connectivity index (χ3n) is 5.33. The van der Waals surface area contributed by atoms with Crippen molar-refractivity contribution in [2.24, 2.45) is 0 Å². The molecule has 4 rings (SSSR count). The number of aryl methyl sites for hydroxylation is 1. The molecule has 1 aromatic heterocycles. The summed E-state index contributed by atoms with van der Waals surface area (Å²) in [6.45, 7) is 2.70. The van der Waals surface area contributed by atoms with E-state index in [0.717, 1.165) is 11.1 Å². The standard InChI is InChI=1S/C25H24ClN3O4S.2ClH/c1-17-28-25(29-33-17)20-5-3-7-23(15-20)34(31,32)22-10-8-18(9-11-22)12-13-27-16-24(30)19-4-2-6-21(26)14-19;;/h2-11,14-15,24,27,30H,12-13,16H2,1H3;2*1H/t24-;;/m0../s1. The first-order chi connectivity index (χ1) is 16.3. The number of nitrogens with one attached hydrogen (secondary N) is 1. The number of sulfone groups is 1. The molecule has 0 saturated carbocycles. The van der Waals surface area contributed by atoms with Crippen LogP contribution in [-0.4, -0.2) is 36.8 Å². The summed E-state index contributed by atoms with van der Waals surface area (Å²) in [6.07, 6.45) is 0.0354. The Kier molecular flexibility index (Phi) is 10.9. The molecule has 2 N–H and O–H groups in total. The highest BCUT2D eigenvalue weighted by molar-refractivity contribution is 7.91. The van der Waals surface area contributed by atoms with Crippen molar-refractivity contribution in [1.29, 1.82) is 0 Å². The van der Waals surface area contributed by atoms with Crippen molar-refractivity contribution in [3.05, 3.63) is 94.8 Å². The van der Waals surface area contributed by atoms with Crippen LogP contribution in [0.25, 0.3) is 11.4 Å². The molecule has 7 nitrogen and oxygen atoms in total. The molecule has 0 unspecified atom stereocenters. The zero-order valence-electron chi connectivity index (χ0n) is 19.3. The van der Waals surface area contributed by atoms with Gasteiger partial charge in [0.15, 0.2) is 0 Å². The van der Waals surface area contributed by atoms with Gasteiger partial charge in [-0.1, -0.05) is 53.2 Å². The summed E-state index contributed by atoms with van der Waals surface area (Å²) in [7, 11) is -3.70. The molecule has 0 spiro atoms. The van der Waals surface area contributed by atoms with E-state index in [1.54, 1.807) is 73.7 Å². The van der Waals surface area contributed by atoms with E-state index in [1.165, 1.54) is 0 Å². The van der Waals surface area contributed by atoms with Crippen molar-refractivity contribution in [2.75, 3.05) is 13.1 Å². The van der Waals surface area contributed by atoms with Crippen LogP contribution in [-0.2, 0) is 16.3 Å². The summed E-state index contributed by atoms with van der Waals surface area (Å²) in [4.78, 5) is 4.53. The number of hydrogen-bond acceptors (Lipinski definition) is 7. The fourth-order valence-electron chi connectivity index (χ4n) is 3.49. The second-order valence-electron chi connectivity index (χ2n) is 7.84. The summed E-state index contributed by atoms with van der Waals surface area (Å²) in [6, 6.07) is 20.4. The van der Waals surface area contributed by atoms with Gasteiger partial charge in [0, 0.05) is 24.1 Å². The normalized spacial score (nSPS) is 11.9. The summed E-state index contributed by atoms with van der Waals surface area (Å²) in [5.74, 6) is 0.755. The van der Waals surface area contributed by atoms with Crippen LogP contribution >= 0.6 is 36.4 Å². The third-order valence-corrected chi connectivity index (χ3v) is 7.33. The van der Waals surface area contributed by atoms with Crippen molar-refractivity contribution >= 4 is 46.3 Å². The molecule has 1 heterocycles. The molecule has 0 radical (unpaired) electrons. The highest BCUT2D eigenvalue weighted by Gasteiger charge is 2.19. The molecule has 4 aromatic rings. The van der Waals surface area contributed by atoms with Gasteiger partial charge in [0.1, 0.15) is 0 Å². The van der Waals surface area contributed by atoms with Gasteiger partial charge in [0.05, 0.1) is 15.9 Å². The van der Waals surface area contributed by atoms with Crippen LogP contribution in [0.3, 0.4) is 0 Å². The Morgan fingerprint density at radius 3 is 2.39 bits per heavy atom. The van der Waals surface area contributed by atoms with Gasteiger partial charge in [0.2, 0.25) is 21.6 Å². The first-order valence-corrected chi connectivity index (χ1v) is 12.6. The van der Waals surface area contributed by atoms with E-state index >= 15 is 0 Å². The van der Waals surface area contributed by atoms with Gasteiger partial charge in [-0.05, 0) is 60.5 Å². The number of nitrogens with zero attached hydrogens (tertiary/aromatic N) is 2. The van der Waals surface area contributed by atoms with Crippen molar-refractivity contribution in [3.63, 3.8) is 0 Å². The monoisotopic (exact) mass is 569 g/mol. The van der Waals surface area contributed by atoms with Crippen LogP contribution < -0.4 is 5.32 Å². The average molecular weight is 571 g/mol. The molecule has 36 heavy (non-hydrogen) atoms. The molecule has 3 aromatic carbocycles. The SMILES string of the molecule is Cc1nc(-c2cccc(S(=O)(=O)c3ccc(CCNC[C@H](O)c4cccc(Cl)c4)cc3)c2)no1.Cl.Cl. The van der Waals surface area contributed by atoms with E-state index in [-0.39, 0.29) is 34.6 Å². The fourth-order valence-corrected chi connectivity index (χ4v) is 5.00. The number of benzene rings is 3. The van der Waals surface area contributed by atoms with Gasteiger partial charge < -0.3 is 14.9 Å². The Balaban J connectivity index is 0.00000228. The molecule has 0 aliphatic rings. The first-order valence-electron chi connectivity index (χ1n) is 10.7. The topological polar surface area (TPSA) is 105 Å². The van der Waals surface area contributed by atoms with Crippen LogP contribution in [0, 0.1) is 6.92 Å². The highest BCUT2D eigenvalue weighted by Crippen LogP contribution is 2.25. The van der Waals surface area contributed by atoms with Gasteiger partial charge in [-0.3, -0.25) is 0 Å². The molecule has 0 aliphatic heterocycles. The second-order valence-corrected chi connectivity index (χ2v) is 10.2. The van der Waals surface area contributed by atoms with Crippen LogP contribution in [0.5, 0.6) is 0 Å². The largest absolute Gasteiger partial charge is 0.387 e. The summed E-state index contributed by atoms with van der Waals surface area (Å²) in [5.41, 5.74) is 2.31. The zero-order chi connectivity index (χ0) is 24.1. The van der Waals surface area contributed by atoms with Crippen molar-refractivity contribution in [3.8, 4) is 11.4 Å². The lowest BCUT2D eigenvalue weighted by Crippen LogP contribution is -2.23. The van der Waals surface area contributed by atoms with Crippen molar-refractivity contribution in [1.82, 2.24) is 15.5 Å². The van der Waals surface area contributed by atoms with Gasteiger partial charge in [0.25, 0.3) is 0 Å². The van der Waals surface area contributed by atoms with Crippen LogP contribution in [0.2, 0.25) is 5.02 Å². The molecular formula is C25H26Cl3N3O4S. The lowest BCUT2D eigenvalue weighted by molar-refractivity contribution is 0.175. The van der Waals surface area contributed by atoms with Gasteiger partial charge in [-0.25, -0.2) is 8.42 Å². The Morgan fingerprint density at radius 2 is 1.72 bits per heavy atom. The smallest absolute Gasteiger partial charge is 0.223 e. The van der Waals surface area contributed by atoms with Gasteiger partial charge in [-0.2, -0.15) is 4.98 Å². The first kappa shape index (κ1) is 29.8. The van der Waals surface area contributed by atoms with Crippen LogP contribution in [0.1, 0.15) is 23.1 Å². The van der Waals surface area contributed by atoms with E-state index in [9.17, 15) is 13.5 Å². The average Bonchev–Trinajstić information content (AvgIpc) is 3.28. The molecule has 0 aliphatic carbocycles. The minimum atomic E-state index is -3.70. The molecular weight excluding hydrogens is 545 g/mol. The Morgan fingerprint density at radius 1 is 1.00 bits per heavy atom. The lowest BCUT2D eigenvalue weighted by atomic mass is 10.1. The second kappa shape index (κ2) is 13.2. The zero-order valence-corrected chi connectivity index (χ0v) is 22.5.